The average Bonchev–Trinajstić information content (AvgIpc) is 2.67. The van der Waals surface area contributed by atoms with Crippen LogP contribution in [0.5, 0.6) is 0 Å². The van der Waals surface area contributed by atoms with Crippen LogP contribution in [0.25, 0.3) is 11.0 Å². The molecular formula is C12H17NO. The van der Waals surface area contributed by atoms with Crippen LogP contribution in [-0.4, -0.2) is 5.16 Å². The van der Waals surface area contributed by atoms with Crippen LogP contribution in [0.4, 0.5) is 0 Å². The molecule has 0 aliphatic heterocycles. The molecule has 0 bridgehead atoms. The molecule has 0 aliphatic rings. The predicted octanol–water partition coefficient (Wildman–Crippen LogP) is 3.98. The van der Waals surface area contributed by atoms with Crippen molar-refractivity contribution in [1.82, 2.24) is 5.16 Å². The third-order valence-corrected chi connectivity index (χ3v) is 2.03. The number of nitrogens with zero attached hydrogens (tertiary/aromatic N) is 1. The minimum atomic E-state index is 0.488. The van der Waals surface area contributed by atoms with Gasteiger partial charge in [0.15, 0.2) is 5.58 Å². The molecule has 2 rings (SSSR count). The maximum absolute atomic E-state index is 5.16. The number of fused-ring (bicyclic) bond motifs is 1. The van der Waals surface area contributed by atoms with Gasteiger partial charge in [-0.1, -0.05) is 45.0 Å². The summed E-state index contributed by atoms with van der Waals surface area (Å²) in [6.45, 7) is 8.30. The van der Waals surface area contributed by atoms with Crippen molar-refractivity contribution >= 4 is 11.0 Å². The molecule has 14 heavy (non-hydrogen) atoms. The van der Waals surface area contributed by atoms with Gasteiger partial charge in [-0.25, -0.2) is 0 Å². The van der Waals surface area contributed by atoms with Crippen LogP contribution in [0.2, 0.25) is 0 Å². The zero-order valence-corrected chi connectivity index (χ0v) is 9.24. The maximum atomic E-state index is 5.16. The molecule has 1 heterocycles. The van der Waals surface area contributed by atoms with Crippen LogP contribution < -0.4 is 0 Å². The molecule has 2 heteroatoms. The van der Waals surface area contributed by atoms with E-state index in [9.17, 15) is 0 Å². The summed E-state index contributed by atoms with van der Waals surface area (Å²) in [4.78, 5) is 0. The first-order valence-corrected chi connectivity index (χ1v) is 5.12. The molecule has 0 spiro atoms. The molecule has 2 aromatic rings. The summed E-state index contributed by atoms with van der Waals surface area (Å²) in [6.07, 6.45) is 1.75. The van der Waals surface area contributed by atoms with E-state index in [0.717, 1.165) is 11.0 Å². The summed E-state index contributed by atoms with van der Waals surface area (Å²) >= 11 is 0. The van der Waals surface area contributed by atoms with E-state index in [4.69, 9.17) is 4.52 Å². The highest BCUT2D eigenvalue weighted by molar-refractivity contribution is 5.79. The van der Waals surface area contributed by atoms with E-state index in [2.05, 4.69) is 25.1 Å². The van der Waals surface area contributed by atoms with Crippen LogP contribution in [0.1, 0.15) is 39.2 Å². The quantitative estimate of drug-likeness (QED) is 0.681. The lowest BCUT2D eigenvalue weighted by Gasteiger charge is -2.03. The van der Waals surface area contributed by atoms with Gasteiger partial charge in [0.05, 0.1) is 6.20 Å². The molecule has 76 valence electrons. The fourth-order valence-corrected chi connectivity index (χ4v) is 1.37. The van der Waals surface area contributed by atoms with Gasteiger partial charge >= 0.3 is 0 Å². The van der Waals surface area contributed by atoms with E-state index in [-0.39, 0.29) is 0 Å². The molecular weight excluding hydrogens is 174 g/mol. The fourth-order valence-electron chi connectivity index (χ4n) is 1.37. The van der Waals surface area contributed by atoms with E-state index >= 15 is 0 Å². The summed E-state index contributed by atoms with van der Waals surface area (Å²) in [5.41, 5.74) is 2.15. The molecule has 0 amide bonds. The Morgan fingerprint density at radius 3 is 2.57 bits per heavy atom. The van der Waals surface area contributed by atoms with Gasteiger partial charge in [-0.05, 0) is 12.0 Å². The van der Waals surface area contributed by atoms with Crippen molar-refractivity contribution in [3.05, 3.63) is 30.0 Å². The van der Waals surface area contributed by atoms with Crippen LogP contribution in [0, 0.1) is 0 Å². The van der Waals surface area contributed by atoms with Crippen molar-refractivity contribution in [1.29, 1.82) is 0 Å². The monoisotopic (exact) mass is 191 g/mol. The molecule has 0 fully saturated rings. The number of para-hydroxylation sites is 1. The van der Waals surface area contributed by atoms with Gasteiger partial charge in [-0.15, -0.1) is 0 Å². The highest BCUT2D eigenvalue weighted by Crippen LogP contribution is 2.24. The third kappa shape index (κ3) is 1.95. The molecule has 2 nitrogen and oxygen atoms in total. The summed E-state index contributed by atoms with van der Waals surface area (Å²) in [5, 5.41) is 4.85. The SMILES string of the molecule is CC.CC(C)c1cccc2cnoc12. The Balaban J connectivity index is 0.000000461. The van der Waals surface area contributed by atoms with E-state index in [1.165, 1.54) is 5.56 Å². The molecule has 0 N–H and O–H groups in total. The van der Waals surface area contributed by atoms with Crippen LogP contribution >= 0.6 is 0 Å². The molecule has 0 aliphatic carbocycles. The van der Waals surface area contributed by atoms with E-state index in [1.54, 1.807) is 6.20 Å². The minimum Gasteiger partial charge on any atom is -0.356 e. The van der Waals surface area contributed by atoms with Gasteiger partial charge in [-0.2, -0.15) is 0 Å². The number of hydrogen-bond donors (Lipinski definition) is 0. The van der Waals surface area contributed by atoms with E-state index in [0.29, 0.717) is 5.92 Å². The minimum absolute atomic E-state index is 0.488. The number of aromatic nitrogens is 1. The maximum Gasteiger partial charge on any atom is 0.170 e. The van der Waals surface area contributed by atoms with Gasteiger partial charge in [0.25, 0.3) is 0 Å². The topological polar surface area (TPSA) is 26.0 Å². The highest BCUT2D eigenvalue weighted by Gasteiger charge is 2.07. The predicted molar refractivity (Wildman–Crippen MR) is 59.4 cm³/mol. The lowest BCUT2D eigenvalue weighted by atomic mass is 10.0. The molecule has 0 radical (unpaired) electrons. The Morgan fingerprint density at radius 2 is 1.93 bits per heavy atom. The standard InChI is InChI=1S/C10H11NO.C2H6/c1-7(2)9-5-3-4-8-6-11-12-10(8)9;1-2/h3-7H,1-2H3;1-2H3. The van der Waals surface area contributed by atoms with Crippen molar-refractivity contribution in [2.45, 2.75) is 33.6 Å². The summed E-state index contributed by atoms with van der Waals surface area (Å²) in [7, 11) is 0. The lowest BCUT2D eigenvalue weighted by Crippen LogP contribution is -1.86. The van der Waals surface area contributed by atoms with Crippen LogP contribution in [0.3, 0.4) is 0 Å². The molecule has 0 atom stereocenters. The van der Waals surface area contributed by atoms with Crippen LogP contribution in [0.15, 0.2) is 28.9 Å². The summed E-state index contributed by atoms with van der Waals surface area (Å²) in [6, 6.07) is 6.13. The first kappa shape index (κ1) is 10.8. The Bertz CT molecular complexity index is 390. The highest BCUT2D eigenvalue weighted by atomic mass is 16.5. The molecule has 1 aromatic carbocycles. The second-order valence-corrected chi connectivity index (χ2v) is 3.25. The Hall–Kier alpha value is -1.31. The number of hydrogen-bond acceptors (Lipinski definition) is 2. The number of rotatable bonds is 1. The second kappa shape index (κ2) is 4.80. The molecule has 0 saturated heterocycles. The average molecular weight is 191 g/mol. The van der Waals surface area contributed by atoms with Crippen molar-refractivity contribution in [3.8, 4) is 0 Å². The largest absolute Gasteiger partial charge is 0.356 e. The van der Waals surface area contributed by atoms with Crippen molar-refractivity contribution in [2.24, 2.45) is 0 Å². The zero-order valence-electron chi connectivity index (χ0n) is 9.24. The van der Waals surface area contributed by atoms with Gasteiger partial charge in [0.2, 0.25) is 0 Å². The van der Waals surface area contributed by atoms with Crippen molar-refractivity contribution in [2.75, 3.05) is 0 Å². The Labute approximate surface area is 84.9 Å². The zero-order chi connectivity index (χ0) is 10.6. The fraction of sp³-hybridized carbons (Fsp3) is 0.417. The lowest BCUT2D eigenvalue weighted by molar-refractivity contribution is 0.453. The first-order chi connectivity index (χ1) is 6.79. The molecule has 1 aromatic heterocycles. The van der Waals surface area contributed by atoms with Gasteiger partial charge in [0, 0.05) is 10.9 Å². The van der Waals surface area contributed by atoms with E-state index < -0.39 is 0 Å². The normalized spacial score (nSPS) is 10.1. The third-order valence-electron chi connectivity index (χ3n) is 2.03. The van der Waals surface area contributed by atoms with E-state index in [1.807, 2.05) is 26.0 Å². The van der Waals surface area contributed by atoms with Crippen molar-refractivity contribution < 1.29 is 4.52 Å². The van der Waals surface area contributed by atoms with Crippen LogP contribution in [-0.2, 0) is 0 Å². The molecule has 0 unspecified atom stereocenters. The van der Waals surface area contributed by atoms with Gasteiger partial charge in [0.1, 0.15) is 0 Å². The summed E-state index contributed by atoms with van der Waals surface area (Å²) in [5.74, 6) is 0.488. The number of benzene rings is 1. The second-order valence-electron chi connectivity index (χ2n) is 3.25. The summed E-state index contributed by atoms with van der Waals surface area (Å²) < 4.78 is 5.16. The Morgan fingerprint density at radius 1 is 1.21 bits per heavy atom. The molecule has 0 saturated carbocycles. The Kier molecular flexibility index (Phi) is 3.69. The van der Waals surface area contributed by atoms with Gasteiger partial charge in [-0.3, -0.25) is 0 Å². The van der Waals surface area contributed by atoms with Crippen molar-refractivity contribution in [3.63, 3.8) is 0 Å². The van der Waals surface area contributed by atoms with Gasteiger partial charge < -0.3 is 4.52 Å². The first-order valence-electron chi connectivity index (χ1n) is 5.12. The smallest absolute Gasteiger partial charge is 0.170 e.